The van der Waals surface area contributed by atoms with E-state index in [1.54, 1.807) is 7.11 Å². The molecule has 0 N–H and O–H groups in total. The maximum Gasteiger partial charge on any atom is 0.232 e. The lowest BCUT2D eigenvalue weighted by molar-refractivity contribution is -0.118. The average molecular weight is 493 g/mol. The number of fused-ring (bicyclic) bond motifs is 1. The van der Waals surface area contributed by atoms with Gasteiger partial charge in [0.2, 0.25) is 5.91 Å². The Bertz CT molecular complexity index is 1220. The first-order chi connectivity index (χ1) is 16.7. The average Bonchev–Trinajstić information content (AvgIpc) is 2.83. The molecule has 1 unspecified atom stereocenters. The Morgan fingerprint density at radius 1 is 1.06 bits per heavy atom. The van der Waals surface area contributed by atoms with Crippen LogP contribution < -0.4 is 19.3 Å². The van der Waals surface area contributed by atoms with Crippen molar-refractivity contribution >= 4 is 28.9 Å². The second kappa shape index (κ2) is 10.2. The standard InChI is InChI=1S/C29H33ClN2O3/c1-7-19(3)35-27-17-25-20(15-26(27)34-6)16-28(33)32(23-11-9-22(10-12-23)31(4)5)29(25)24-13-8-21(30)14-18(24)2/h8-15,17,19,29H,7,16H2,1-6H3/t19-,29?/m1/s1. The van der Waals surface area contributed by atoms with E-state index in [1.165, 1.54) is 0 Å². The number of anilines is 2. The Hall–Kier alpha value is -3.18. The van der Waals surface area contributed by atoms with Crippen molar-refractivity contribution in [2.24, 2.45) is 0 Å². The molecular formula is C29H33ClN2O3. The number of ether oxygens (including phenoxy) is 2. The summed E-state index contributed by atoms with van der Waals surface area (Å²) in [7, 11) is 5.64. The highest BCUT2D eigenvalue weighted by atomic mass is 35.5. The van der Waals surface area contributed by atoms with Gasteiger partial charge in [0, 0.05) is 30.5 Å². The summed E-state index contributed by atoms with van der Waals surface area (Å²) in [6.07, 6.45) is 1.20. The van der Waals surface area contributed by atoms with Crippen molar-refractivity contribution in [2.75, 3.05) is 31.0 Å². The van der Waals surface area contributed by atoms with E-state index in [1.807, 2.05) is 92.3 Å². The molecule has 2 atom stereocenters. The van der Waals surface area contributed by atoms with Crippen molar-refractivity contribution < 1.29 is 14.3 Å². The van der Waals surface area contributed by atoms with Gasteiger partial charge < -0.3 is 19.3 Å². The molecule has 0 aliphatic carbocycles. The first kappa shape index (κ1) is 24.9. The minimum absolute atomic E-state index is 0.0344. The summed E-state index contributed by atoms with van der Waals surface area (Å²) in [6.45, 7) is 6.17. The van der Waals surface area contributed by atoms with Gasteiger partial charge in [-0.3, -0.25) is 4.79 Å². The van der Waals surface area contributed by atoms with Gasteiger partial charge in [0.05, 0.1) is 25.7 Å². The summed E-state index contributed by atoms with van der Waals surface area (Å²) in [5.74, 6) is 1.37. The molecule has 4 rings (SSSR count). The van der Waals surface area contributed by atoms with Gasteiger partial charge in [-0.25, -0.2) is 0 Å². The summed E-state index contributed by atoms with van der Waals surface area (Å²) in [5, 5.41) is 0.672. The zero-order valence-corrected chi connectivity index (χ0v) is 22.0. The Morgan fingerprint density at radius 3 is 2.37 bits per heavy atom. The third kappa shape index (κ3) is 4.96. The van der Waals surface area contributed by atoms with E-state index in [0.29, 0.717) is 16.5 Å². The smallest absolute Gasteiger partial charge is 0.232 e. The lowest BCUT2D eigenvalue weighted by Gasteiger charge is -2.39. The van der Waals surface area contributed by atoms with Crippen LogP contribution in [0.1, 0.15) is 48.6 Å². The molecule has 1 aliphatic rings. The number of nitrogens with zero attached hydrogens (tertiary/aromatic N) is 2. The Balaban J connectivity index is 1.92. The molecule has 1 heterocycles. The SMILES string of the molecule is CC[C@@H](C)Oc1cc2c(cc1OC)CC(=O)N(c1ccc(N(C)C)cc1)C2c1ccc(Cl)cc1C. The quantitative estimate of drug-likeness (QED) is 0.373. The van der Waals surface area contributed by atoms with Gasteiger partial charge in [0.15, 0.2) is 11.5 Å². The summed E-state index contributed by atoms with van der Waals surface area (Å²) in [5.41, 5.74) is 5.96. The van der Waals surface area contributed by atoms with E-state index in [-0.39, 0.29) is 24.5 Å². The molecule has 3 aromatic carbocycles. The number of rotatable bonds is 7. The number of benzene rings is 3. The summed E-state index contributed by atoms with van der Waals surface area (Å²) >= 11 is 6.30. The minimum atomic E-state index is -0.320. The highest BCUT2D eigenvalue weighted by Crippen LogP contribution is 2.44. The largest absolute Gasteiger partial charge is 0.493 e. The van der Waals surface area contributed by atoms with E-state index in [0.717, 1.165) is 40.0 Å². The first-order valence-electron chi connectivity index (χ1n) is 12.0. The van der Waals surface area contributed by atoms with Crippen LogP contribution in [0.5, 0.6) is 11.5 Å². The van der Waals surface area contributed by atoms with Crippen LogP contribution in [-0.4, -0.2) is 33.2 Å². The number of methoxy groups -OCH3 is 1. The molecule has 1 amide bonds. The molecule has 0 radical (unpaired) electrons. The highest BCUT2D eigenvalue weighted by Gasteiger charge is 2.36. The monoisotopic (exact) mass is 492 g/mol. The van der Waals surface area contributed by atoms with E-state index in [9.17, 15) is 4.79 Å². The van der Waals surface area contributed by atoms with Crippen LogP contribution in [-0.2, 0) is 11.2 Å². The maximum atomic E-state index is 13.7. The number of amides is 1. The van der Waals surface area contributed by atoms with Crippen molar-refractivity contribution in [3.8, 4) is 11.5 Å². The first-order valence-corrected chi connectivity index (χ1v) is 12.3. The summed E-state index contributed by atoms with van der Waals surface area (Å²) in [6, 6.07) is 17.6. The van der Waals surface area contributed by atoms with Crippen LogP contribution in [0, 0.1) is 6.92 Å². The zero-order chi connectivity index (χ0) is 25.3. The molecule has 5 nitrogen and oxygen atoms in total. The van der Waals surface area contributed by atoms with Crippen LogP contribution in [0.15, 0.2) is 54.6 Å². The predicted molar refractivity (Wildman–Crippen MR) is 143 cm³/mol. The third-order valence-corrected chi connectivity index (χ3v) is 6.90. The van der Waals surface area contributed by atoms with Crippen molar-refractivity contribution in [1.29, 1.82) is 0 Å². The fourth-order valence-corrected chi connectivity index (χ4v) is 4.79. The van der Waals surface area contributed by atoms with Gasteiger partial charge >= 0.3 is 0 Å². The number of halogens is 1. The Morgan fingerprint density at radius 2 is 1.77 bits per heavy atom. The topological polar surface area (TPSA) is 42.0 Å². The summed E-state index contributed by atoms with van der Waals surface area (Å²) in [4.78, 5) is 17.6. The van der Waals surface area contributed by atoms with Crippen LogP contribution in [0.3, 0.4) is 0 Å². The molecule has 35 heavy (non-hydrogen) atoms. The molecule has 0 saturated carbocycles. The fourth-order valence-electron chi connectivity index (χ4n) is 4.57. The number of carbonyl (C=O) groups excluding carboxylic acids is 1. The van der Waals surface area contributed by atoms with Crippen molar-refractivity contribution in [3.05, 3.63) is 81.9 Å². The Kier molecular flexibility index (Phi) is 7.27. The van der Waals surface area contributed by atoms with E-state index >= 15 is 0 Å². The van der Waals surface area contributed by atoms with Gasteiger partial charge in [-0.05, 0) is 91.1 Å². The van der Waals surface area contributed by atoms with Crippen molar-refractivity contribution in [2.45, 2.75) is 45.8 Å². The number of hydrogen-bond donors (Lipinski definition) is 0. The van der Waals surface area contributed by atoms with E-state index in [2.05, 4.69) is 6.92 Å². The van der Waals surface area contributed by atoms with Gasteiger partial charge in [-0.1, -0.05) is 24.6 Å². The summed E-state index contributed by atoms with van der Waals surface area (Å²) < 4.78 is 11.9. The molecule has 3 aromatic rings. The molecular weight excluding hydrogens is 460 g/mol. The number of carbonyl (C=O) groups is 1. The number of aryl methyl sites for hydroxylation is 1. The fraction of sp³-hybridized carbons (Fsp3) is 0.345. The predicted octanol–water partition coefficient (Wildman–Crippen LogP) is 6.58. The van der Waals surface area contributed by atoms with Crippen LogP contribution >= 0.6 is 11.6 Å². The molecule has 1 aliphatic heterocycles. The molecule has 0 aromatic heterocycles. The van der Waals surface area contributed by atoms with E-state index in [4.69, 9.17) is 21.1 Å². The Labute approximate surface area is 213 Å². The van der Waals surface area contributed by atoms with Gasteiger partial charge in [-0.15, -0.1) is 0 Å². The molecule has 0 saturated heterocycles. The number of hydrogen-bond acceptors (Lipinski definition) is 4. The van der Waals surface area contributed by atoms with Crippen molar-refractivity contribution in [1.82, 2.24) is 0 Å². The maximum absolute atomic E-state index is 13.7. The zero-order valence-electron chi connectivity index (χ0n) is 21.3. The molecule has 0 bridgehead atoms. The molecule has 6 heteroatoms. The van der Waals surface area contributed by atoms with E-state index < -0.39 is 0 Å². The van der Waals surface area contributed by atoms with Crippen LogP contribution in [0.2, 0.25) is 5.02 Å². The molecule has 0 spiro atoms. The normalized spacial score (nSPS) is 16.0. The van der Waals surface area contributed by atoms with Crippen LogP contribution in [0.4, 0.5) is 11.4 Å². The lowest BCUT2D eigenvalue weighted by Crippen LogP contribution is -2.41. The highest BCUT2D eigenvalue weighted by molar-refractivity contribution is 6.30. The minimum Gasteiger partial charge on any atom is -0.493 e. The third-order valence-electron chi connectivity index (χ3n) is 6.66. The van der Waals surface area contributed by atoms with Gasteiger partial charge in [-0.2, -0.15) is 0 Å². The van der Waals surface area contributed by atoms with Crippen LogP contribution in [0.25, 0.3) is 0 Å². The second-order valence-corrected chi connectivity index (χ2v) is 9.73. The van der Waals surface area contributed by atoms with Gasteiger partial charge in [0.1, 0.15) is 0 Å². The second-order valence-electron chi connectivity index (χ2n) is 9.29. The van der Waals surface area contributed by atoms with Gasteiger partial charge in [0.25, 0.3) is 0 Å². The lowest BCUT2D eigenvalue weighted by atomic mass is 9.85. The molecule has 0 fully saturated rings. The van der Waals surface area contributed by atoms with Crippen molar-refractivity contribution in [3.63, 3.8) is 0 Å². The molecule has 184 valence electrons.